The molecule has 6 rings (SSSR count). The summed E-state index contributed by atoms with van der Waals surface area (Å²) in [5.41, 5.74) is 3.53. The highest BCUT2D eigenvalue weighted by Crippen LogP contribution is 2.66. The minimum atomic E-state index is -0.335. The summed E-state index contributed by atoms with van der Waals surface area (Å²) < 4.78 is 18.2. The Morgan fingerprint density at radius 2 is 1.81 bits per heavy atom. The molecule has 1 spiro atoms. The lowest BCUT2D eigenvalue weighted by Crippen LogP contribution is -2.51. The monoisotopic (exact) mass is 418 g/mol. The summed E-state index contributed by atoms with van der Waals surface area (Å²) in [5, 5.41) is 0. The van der Waals surface area contributed by atoms with E-state index in [0.717, 1.165) is 32.5 Å². The largest absolute Gasteiger partial charge is 0.423 e. The zero-order chi connectivity index (χ0) is 21.1. The number of aryl methyl sites for hydroxylation is 1. The Bertz CT molecular complexity index is 994. The molecule has 4 nitrogen and oxygen atoms in total. The third-order valence-electron chi connectivity index (χ3n) is 8.72. The molecule has 3 aliphatic carbocycles. The predicted octanol–water partition coefficient (Wildman–Crippen LogP) is 5.51. The molecule has 2 saturated carbocycles. The van der Waals surface area contributed by atoms with Crippen LogP contribution >= 0.6 is 0 Å². The average molecular weight is 419 g/mol. The van der Waals surface area contributed by atoms with Crippen molar-refractivity contribution in [1.82, 2.24) is 0 Å². The highest BCUT2D eigenvalue weighted by Gasteiger charge is 2.64. The van der Waals surface area contributed by atoms with E-state index in [4.69, 9.17) is 14.2 Å². The van der Waals surface area contributed by atoms with Crippen LogP contribution in [0.4, 0.5) is 0 Å². The van der Waals surface area contributed by atoms with Crippen LogP contribution in [0, 0.1) is 17.3 Å². The molecule has 4 heteroatoms. The van der Waals surface area contributed by atoms with E-state index in [1.54, 1.807) is 12.1 Å². The molecule has 3 fully saturated rings. The zero-order valence-electron chi connectivity index (χ0n) is 18.1. The second-order valence-corrected chi connectivity index (χ2v) is 9.98. The summed E-state index contributed by atoms with van der Waals surface area (Å²) >= 11 is 0. The number of hydrogen-bond donors (Lipinski definition) is 0. The Hall–Kier alpha value is -2.17. The van der Waals surface area contributed by atoms with Crippen molar-refractivity contribution < 1.29 is 19.0 Å². The molecule has 4 atom stereocenters. The molecular weight excluding hydrogens is 388 g/mol. The molecule has 1 aliphatic heterocycles. The second-order valence-electron chi connectivity index (χ2n) is 9.98. The molecule has 0 unspecified atom stereocenters. The van der Waals surface area contributed by atoms with E-state index in [0.29, 0.717) is 29.1 Å². The van der Waals surface area contributed by atoms with Crippen molar-refractivity contribution >= 4 is 5.97 Å². The summed E-state index contributed by atoms with van der Waals surface area (Å²) in [7, 11) is 0. The maximum atomic E-state index is 12.4. The van der Waals surface area contributed by atoms with Crippen LogP contribution in [0.3, 0.4) is 0 Å². The third-order valence-corrected chi connectivity index (χ3v) is 8.72. The highest BCUT2D eigenvalue weighted by atomic mass is 16.7. The van der Waals surface area contributed by atoms with Crippen LogP contribution in [0.1, 0.15) is 66.4 Å². The third kappa shape index (κ3) is 2.91. The van der Waals surface area contributed by atoms with Crippen LogP contribution in [0.15, 0.2) is 48.5 Å². The fourth-order valence-electron chi connectivity index (χ4n) is 7.25. The average Bonchev–Trinajstić information content (AvgIpc) is 3.40. The van der Waals surface area contributed by atoms with Gasteiger partial charge < -0.3 is 14.2 Å². The molecule has 2 aromatic rings. The van der Waals surface area contributed by atoms with Gasteiger partial charge in [0.05, 0.1) is 18.8 Å². The first-order valence-corrected chi connectivity index (χ1v) is 11.8. The molecule has 1 heterocycles. The van der Waals surface area contributed by atoms with Crippen molar-refractivity contribution in [2.45, 2.75) is 57.2 Å². The summed E-state index contributed by atoms with van der Waals surface area (Å²) in [5.74, 6) is 1.97. The van der Waals surface area contributed by atoms with Gasteiger partial charge in [0.2, 0.25) is 0 Å². The molecule has 2 aromatic carbocycles. The molecule has 0 N–H and O–H groups in total. The Labute approximate surface area is 183 Å². The van der Waals surface area contributed by atoms with E-state index >= 15 is 0 Å². The van der Waals surface area contributed by atoms with Crippen molar-refractivity contribution in [3.05, 3.63) is 65.2 Å². The SMILES string of the molecule is C[C@]12CC[C@@H]3c4ccc(OC(=O)c5ccccc5)cc4CC[C@H]3[C@@H]1CCC21OCCO1. The highest BCUT2D eigenvalue weighted by molar-refractivity contribution is 5.91. The normalized spacial score (nSPS) is 32.9. The number of rotatable bonds is 2. The molecule has 4 aliphatic rings. The Kier molecular flexibility index (Phi) is 4.52. The first-order valence-electron chi connectivity index (χ1n) is 11.8. The van der Waals surface area contributed by atoms with Gasteiger partial charge in [-0.2, -0.15) is 0 Å². The number of carbonyl (C=O) groups excluding carboxylic acids is 1. The molecule has 162 valence electrons. The second kappa shape index (κ2) is 7.18. The van der Waals surface area contributed by atoms with Crippen molar-refractivity contribution in [3.63, 3.8) is 0 Å². The number of fused-ring (bicyclic) bond motifs is 6. The van der Waals surface area contributed by atoms with Crippen LogP contribution < -0.4 is 4.74 Å². The quantitative estimate of drug-likeness (QED) is 0.477. The molecular formula is C27H30O4. The van der Waals surface area contributed by atoms with Gasteiger partial charge in [-0.3, -0.25) is 0 Å². The lowest BCUT2D eigenvalue weighted by Gasteiger charge is -2.52. The number of benzene rings is 2. The molecule has 0 aromatic heterocycles. The standard InChI is InChI=1S/C27H30O4/c1-26-13-11-22-21-10-8-20(31-25(28)18-5-3-2-4-6-18)17-19(21)7-9-23(22)24(26)12-14-27(26)29-15-16-30-27/h2-6,8,10,17,22-24H,7,9,11-16H2,1H3/t22-,23-,24+,26+/m1/s1. The first-order chi connectivity index (χ1) is 15.1. The van der Waals surface area contributed by atoms with E-state index in [1.807, 2.05) is 24.3 Å². The van der Waals surface area contributed by atoms with E-state index in [1.165, 1.54) is 30.4 Å². The van der Waals surface area contributed by atoms with Crippen molar-refractivity contribution in [2.24, 2.45) is 17.3 Å². The molecule has 0 amide bonds. The van der Waals surface area contributed by atoms with Crippen LogP contribution in [-0.4, -0.2) is 25.0 Å². The smallest absolute Gasteiger partial charge is 0.343 e. The van der Waals surface area contributed by atoms with Crippen LogP contribution in [0.25, 0.3) is 0 Å². The summed E-state index contributed by atoms with van der Waals surface area (Å²) in [6, 6.07) is 15.5. The summed E-state index contributed by atoms with van der Waals surface area (Å²) in [4.78, 5) is 12.4. The van der Waals surface area contributed by atoms with Gasteiger partial charge in [-0.05, 0) is 85.3 Å². The van der Waals surface area contributed by atoms with E-state index in [9.17, 15) is 4.79 Å². The van der Waals surface area contributed by atoms with Gasteiger partial charge in [-0.25, -0.2) is 4.79 Å². The number of esters is 1. The topological polar surface area (TPSA) is 44.8 Å². The molecule has 1 saturated heterocycles. The Balaban J connectivity index is 1.23. The molecule has 0 radical (unpaired) electrons. The van der Waals surface area contributed by atoms with E-state index in [-0.39, 0.29) is 17.2 Å². The summed E-state index contributed by atoms with van der Waals surface area (Å²) in [6.45, 7) is 3.90. The fourth-order valence-corrected chi connectivity index (χ4v) is 7.25. The van der Waals surface area contributed by atoms with Crippen LogP contribution in [0.5, 0.6) is 5.75 Å². The first kappa shape index (κ1) is 19.5. The number of carbonyl (C=O) groups is 1. The van der Waals surface area contributed by atoms with Crippen LogP contribution in [-0.2, 0) is 15.9 Å². The zero-order valence-corrected chi connectivity index (χ0v) is 18.1. The van der Waals surface area contributed by atoms with Gasteiger partial charge in [0.25, 0.3) is 0 Å². The molecule has 0 bridgehead atoms. The van der Waals surface area contributed by atoms with Crippen molar-refractivity contribution in [3.8, 4) is 5.75 Å². The maximum absolute atomic E-state index is 12.4. The number of hydrogen-bond acceptors (Lipinski definition) is 4. The Morgan fingerprint density at radius 3 is 2.61 bits per heavy atom. The van der Waals surface area contributed by atoms with E-state index in [2.05, 4.69) is 19.1 Å². The van der Waals surface area contributed by atoms with Crippen LogP contribution in [0.2, 0.25) is 0 Å². The minimum Gasteiger partial charge on any atom is -0.423 e. The van der Waals surface area contributed by atoms with Crippen molar-refractivity contribution in [1.29, 1.82) is 0 Å². The summed E-state index contributed by atoms with van der Waals surface area (Å²) in [6.07, 6.45) is 6.84. The lowest BCUT2D eigenvalue weighted by molar-refractivity contribution is -0.237. The van der Waals surface area contributed by atoms with Crippen molar-refractivity contribution in [2.75, 3.05) is 13.2 Å². The van der Waals surface area contributed by atoms with Gasteiger partial charge in [-0.1, -0.05) is 31.2 Å². The predicted molar refractivity (Wildman–Crippen MR) is 117 cm³/mol. The number of ether oxygens (including phenoxy) is 3. The van der Waals surface area contributed by atoms with E-state index < -0.39 is 0 Å². The van der Waals surface area contributed by atoms with Gasteiger partial charge in [0.15, 0.2) is 5.79 Å². The lowest BCUT2D eigenvalue weighted by atomic mass is 9.55. The van der Waals surface area contributed by atoms with Gasteiger partial charge in [0, 0.05) is 11.8 Å². The Morgan fingerprint density at radius 1 is 1.00 bits per heavy atom. The minimum absolute atomic E-state index is 0.132. The van der Waals surface area contributed by atoms with Gasteiger partial charge in [-0.15, -0.1) is 0 Å². The van der Waals surface area contributed by atoms with Gasteiger partial charge >= 0.3 is 5.97 Å². The fraction of sp³-hybridized carbons (Fsp3) is 0.519. The molecule has 31 heavy (non-hydrogen) atoms. The maximum Gasteiger partial charge on any atom is 0.343 e. The van der Waals surface area contributed by atoms with Gasteiger partial charge in [0.1, 0.15) is 5.75 Å².